The number of aliphatic hydroxyl groups excluding tert-OH is 1. The molecule has 1 aliphatic carbocycles. The summed E-state index contributed by atoms with van der Waals surface area (Å²) in [4.78, 5) is 1.40. The van der Waals surface area contributed by atoms with Crippen molar-refractivity contribution in [3.8, 4) is 6.07 Å². The smallest absolute Gasteiger partial charge is 0.382 e. The molecule has 1 saturated heterocycles. The number of nitriles is 1. The number of nitrogens with zero attached hydrogens (tertiary/aromatic N) is 2. The van der Waals surface area contributed by atoms with Crippen LogP contribution in [0.3, 0.4) is 0 Å². The maximum absolute atomic E-state index is 13.6. The van der Waals surface area contributed by atoms with E-state index < -0.39 is 24.1 Å². The van der Waals surface area contributed by atoms with Gasteiger partial charge in [-0.25, -0.2) is 4.39 Å². The van der Waals surface area contributed by atoms with Gasteiger partial charge in [0.2, 0.25) is 0 Å². The zero-order chi connectivity index (χ0) is 15.4. The molecule has 112 valence electrons. The van der Waals surface area contributed by atoms with Crippen molar-refractivity contribution in [3.63, 3.8) is 0 Å². The van der Waals surface area contributed by atoms with E-state index in [1.807, 2.05) is 0 Å². The van der Waals surface area contributed by atoms with Crippen molar-refractivity contribution in [2.75, 3.05) is 11.4 Å². The fraction of sp³-hybridized carbons (Fsp3) is 0.500. The number of benzene rings is 1. The van der Waals surface area contributed by atoms with Crippen molar-refractivity contribution >= 4 is 5.69 Å². The second-order valence-corrected chi connectivity index (χ2v) is 5.56. The van der Waals surface area contributed by atoms with E-state index in [2.05, 4.69) is 0 Å². The number of rotatable bonds is 2. The third-order valence-electron chi connectivity index (χ3n) is 4.27. The summed E-state index contributed by atoms with van der Waals surface area (Å²) in [7, 11) is 0. The molecule has 2 aliphatic rings. The Kier molecular flexibility index (Phi) is 3.10. The highest BCUT2D eigenvalue weighted by atomic mass is 19.4. The Morgan fingerprint density at radius 1 is 1.38 bits per heavy atom. The van der Waals surface area contributed by atoms with E-state index >= 15 is 0 Å². The van der Waals surface area contributed by atoms with Crippen LogP contribution >= 0.6 is 0 Å². The Bertz CT molecular complexity index is 610. The van der Waals surface area contributed by atoms with E-state index in [1.54, 1.807) is 6.07 Å². The Morgan fingerprint density at radius 2 is 2.10 bits per heavy atom. The molecule has 4 atom stereocenters. The average molecular weight is 300 g/mol. The molecule has 3 rings (SSSR count). The lowest BCUT2D eigenvalue weighted by Gasteiger charge is -2.33. The van der Waals surface area contributed by atoms with Gasteiger partial charge in [-0.3, -0.25) is 0 Å². The second-order valence-electron chi connectivity index (χ2n) is 5.56. The molecule has 2 fully saturated rings. The normalized spacial score (nSPS) is 29.0. The lowest BCUT2D eigenvalue weighted by Crippen LogP contribution is -2.49. The number of hydrogen-bond donors (Lipinski definition) is 1. The average Bonchev–Trinajstić information content (AvgIpc) is 3.08. The van der Waals surface area contributed by atoms with Crippen molar-refractivity contribution in [3.05, 3.63) is 29.6 Å². The van der Waals surface area contributed by atoms with E-state index in [9.17, 15) is 22.7 Å². The van der Waals surface area contributed by atoms with Crippen LogP contribution in [0.15, 0.2) is 18.2 Å². The first-order chi connectivity index (χ1) is 9.82. The lowest BCUT2D eigenvalue weighted by atomic mass is 10.0. The fourth-order valence-electron chi connectivity index (χ4n) is 3.15. The predicted molar refractivity (Wildman–Crippen MR) is 65.9 cm³/mol. The van der Waals surface area contributed by atoms with Gasteiger partial charge < -0.3 is 10.0 Å². The van der Waals surface area contributed by atoms with Crippen molar-refractivity contribution in [2.24, 2.45) is 11.8 Å². The van der Waals surface area contributed by atoms with Crippen LogP contribution in [0.4, 0.5) is 23.2 Å². The van der Waals surface area contributed by atoms with Gasteiger partial charge in [-0.1, -0.05) is 0 Å². The number of alkyl halides is 3. The standard InChI is InChI=1S/C14H12F4N2O/c15-11-4-9(2-1-7(11)5-19)20-6-8-3-10(8)12(20)13(21)14(16,17)18/h1-2,4,8,10,12-13,21H,3,6H2/t8-,10-,12+,13+/m0/s1. The summed E-state index contributed by atoms with van der Waals surface area (Å²) in [5, 5.41) is 18.2. The summed E-state index contributed by atoms with van der Waals surface area (Å²) in [6.07, 6.45) is -6.49. The summed E-state index contributed by atoms with van der Waals surface area (Å²) in [6.45, 7) is 0.369. The molecule has 1 saturated carbocycles. The summed E-state index contributed by atoms with van der Waals surface area (Å²) in [5.74, 6) is -0.859. The minimum atomic E-state index is -4.70. The van der Waals surface area contributed by atoms with Crippen molar-refractivity contribution < 1.29 is 22.7 Å². The van der Waals surface area contributed by atoms with Crippen LogP contribution in [-0.2, 0) is 0 Å². The van der Waals surface area contributed by atoms with E-state index in [1.165, 1.54) is 17.0 Å². The summed E-state index contributed by atoms with van der Waals surface area (Å²) in [5.41, 5.74) is 0.114. The molecule has 0 aromatic heterocycles. The molecule has 0 spiro atoms. The van der Waals surface area contributed by atoms with Gasteiger partial charge in [-0.05, 0) is 36.5 Å². The Hall–Kier alpha value is -1.81. The quantitative estimate of drug-likeness (QED) is 0.853. The van der Waals surface area contributed by atoms with Gasteiger partial charge in [0.25, 0.3) is 0 Å². The SMILES string of the molecule is N#Cc1ccc(N2C[C@@H]3C[C@@H]3[C@@H]2[C@@H](O)C(F)(F)F)cc1F. The van der Waals surface area contributed by atoms with Crippen molar-refractivity contribution in [2.45, 2.75) is 24.7 Å². The molecule has 0 amide bonds. The van der Waals surface area contributed by atoms with E-state index in [0.717, 1.165) is 6.07 Å². The van der Waals surface area contributed by atoms with Gasteiger partial charge in [0.1, 0.15) is 11.9 Å². The molecule has 1 heterocycles. The predicted octanol–water partition coefficient (Wildman–Crippen LogP) is 2.45. The van der Waals surface area contributed by atoms with Gasteiger partial charge in [0, 0.05) is 12.2 Å². The van der Waals surface area contributed by atoms with Crippen LogP contribution in [0.5, 0.6) is 0 Å². The topological polar surface area (TPSA) is 47.3 Å². The maximum atomic E-state index is 13.6. The molecule has 0 radical (unpaired) electrons. The zero-order valence-corrected chi connectivity index (χ0v) is 10.8. The van der Waals surface area contributed by atoms with Crippen molar-refractivity contribution in [1.29, 1.82) is 5.26 Å². The highest BCUT2D eigenvalue weighted by molar-refractivity contribution is 5.54. The molecular formula is C14H12F4N2O. The molecule has 1 aliphatic heterocycles. The van der Waals surface area contributed by atoms with Crippen LogP contribution in [0.2, 0.25) is 0 Å². The van der Waals surface area contributed by atoms with Crippen LogP contribution in [0.1, 0.15) is 12.0 Å². The minimum Gasteiger partial charge on any atom is -0.382 e. The van der Waals surface area contributed by atoms with Gasteiger partial charge in [-0.15, -0.1) is 0 Å². The van der Waals surface area contributed by atoms with Gasteiger partial charge in [0.15, 0.2) is 6.10 Å². The first-order valence-electron chi connectivity index (χ1n) is 6.54. The molecule has 1 N–H and O–H groups in total. The third kappa shape index (κ3) is 2.33. The van der Waals surface area contributed by atoms with Gasteiger partial charge in [-0.2, -0.15) is 18.4 Å². The molecule has 3 nitrogen and oxygen atoms in total. The number of hydrogen-bond acceptors (Lipinski definition) is 3. The molecule has 0 unspecified atom stereocenters. The van der Waals surface area contributed by atoms with Crippen LogP contribution in [-0.4, -0.2) is 30.0 Å². The molecule has 1 aromatic rings. The third-order valence-corrected chi connectivity index (χ3v) is 4.27. The number of fused-ring (bicyclic) bond motifs is 1. The summed E-state index contributed by atoms with van der Waals surface area (Å²) >= 11 is 0. The summed E-state index contributed by atoms with van der Waals surface area (Å²) < 4.78 is 52.0. The Balaban J connectivity index is 1.91. The molecule has 7 heteroatoms. The number of halogens is 4. The fourth-order valence-corrected chi connectivity index (χ4v) is 3.15. The molecule has 0 bridgehead atoms. The largest absolute Gasteiger partial charge is 0.416 e. The van der Waals surface area contributed by atoms with Gasteiger partial charge >= 0.3 is 6.18 Å². The van der Waals surface area contributed by atoms with E-state index in [0.29, 0.717) is 13.0 Å². The lowest BCUT2D eigenvalue weighted by molar-refractivity contribution is -0.210. The first-order valence-corrected chi connectivity index (χ1v) is 6.54. The number of aliphatic hydroxyl groups is 1. The Morgan fingerprint density at radius 3 is 2.67 bits per heavy atom. The molecular weight excluding hydrogens is 288 g/mol. The molecule has 1 aromatic carbocycles. The summed E-state index contributed by atoms with van der Waals surface area (Å²) in [6, 6.07) is 4.30. The number of piperidine rings is 1. The highest BCUT2D eigenvalue weighted by Crippen LogP contribution is 2.53. The first kappa shape index (κ1) is 14.1. The van der Waals surface area contributed by atoms with Gasteiger partial charge in [0.05, 0.1) is 11.6 Å². The second kappa shape index (κ2) is 4.60. The minimum absolute atomic E-state index is 0.116. The molecule has 21 heavy (non-hydrogen) atoms. The van der Waals surface area contributed by atoms with Crippen LogP contribution in [0, 0.1) is 29.0 Å². The number of anilines is 1. The van der Waals surface area contributed by atoms with E-state index in [4.69, 9.17) is 5.26 Å². The Labute approximate surface area is 118 Å². The zero-order valence-electron chi connectivity index (χ0n) is 10.8. The van der Waals surface area contributed by atoms with Crippen molar-refractivity contribution in [1.82, 2.24) is 0 Å². The highest BCUT2D eigenvalue weighted by Gasteiger charge is 2.60. The maximum Gasteiger partial charge on any atom is 0.416 e. The van der Waals surface area contributed by atoms with Crippen LogP contribution < -0.4 is 4.90 Å². The van der Waals surface area contributed by atoms with Crippen LogP contribution in [0.25, 0.3) is 0 Å². The van der Waals surface area contributed by atoms with E-state index in [-0.39, 0.29) is 23.1 Å². The monoisotopic (exact) mass is 300 g/mol.